The normalized spacial score (nSPS) is 31.6. The van der Waals surface area contributed by atoms with Crippen LogP contribution in [0.5, 0.6) is 0 Å². The minimum atomic E-state index is 0.394. The van der Waals surface area contributed by atoms with E-state index in [1.165, 1.54) is 39.0 Å². The highest BCUT2D eigenvalue weighted by molar-refractivity contribution is 7.80. The van der Waals surface area contributed by atoms with Crippen LogP contribution >= 0.6 is 12.6 Å². The highest BCUT2D eigenvalue weighted by Crippen LogP contribution is 2.33. The predicted molar refractivity (Wildman–Crippen MR) is 74.9 cm³/mol. The predicted octanol–water partition coefficient (Wildman–Crippen LogP) is 1.35. The molecular formula is C13H26N2OS. The molecule has 0 bridgehead atoms. The summed E-state index contributed by atoms with van der Waals surface area (Å²) in [4.78, 5) is 5.08. The number of piperazine rings is 1. The lowest BCUT2D eigenvalue weighted by Crippen LogP contribution is -2.54. The van der Waals surface area contributed by atoms with Crippen LogP contribution in [0.15, 0.2) is 0 Å². The highest BCUT2D eigenvalue weighted by Gasteiger charge is 2.35. The molecule has 0 aromatic carbocycles. The zero-order chi connectivity index (χ0) is 12.3. The largest absolute Gasteiger partial charge is 0.381 e. The molecule has 1 unspecified atom stereocenters. The van der Waals surface area contributed by atoms with Crippen molar-refractivity contribution in [1.29, 1.82) is 0 Å². The molecule has 4 heteroatoms. The number of nitrogens with zero attached hydrogens (tertiary/aromatic N) is 2. The maximum absolute atomic E-state index is 5.50. The van der Waals surface area contributed by atoms with Gasteiger partial charge in [0.05, 0.1) is 0 Å². The van der Waals surface area contributed by atoms with E-state index in [-0.39, 0.29) is 0 Å². The molecule has 2 heterocycles. The van der Waals surface area contributed by atoms with E-state index in [9.17, 15) is 0 Å². The van der Waals surface area contributed by atoms with Gasteiger partial charge in [0.25, 0.3) is 0 Å². The summed E-state index contributed by atoms with van der Waals surface area (Å²) in [6.07, 6.45) is 2.35. The molecule has 0 aromatic rings. The minimum Gasteiger partial charge on any atom is -0.381 e. The summed E-state index contributed by atoms with van der Waals surface area (Å²) in [6, 6.07) is 0.674. The van der Waals surface area contributed by atoms with Crippen LogP contribution in [-0.4, -0.2) is 68.0 Å². The molecular weight excluding hydrogens is 232 g/mol. The highest BCUT2D eigenvalue weighted by atomic mass is 32.1. The van der Waals surface area contributed by atoms with Crippen LogP contribution in [0.4, 0.5) is 0 Å². The summed E-state index contributed by atoms with van der Waals surface area (Å²) in [5.41, 5.74) is 0.394. The maximum atomic E-state index is 5.50. The monoisotopic (exact) mass is 258 g/mol. The molecule has 0 aromatic heterocycles. The Labute approximate surface area is 111 Å². The number of rotatable bonds is 3. The summed E-state index contributed by atoms with van der Waals surface area (Å²) in [5, 5.41) is 0. The molecule has 0 amide bonds. The van der Waals surface area contributed by atoms with Gasteiger partial charge in [-0.05, 0) is 38.0 Å². The molecule has 0 N–H and O–H groups in total. The van der Waals surface area contributed by atoms with Crippen molar-refractivity contribution in [3.05, 3.63) is 0 Å². The van der Waals surface area contributed by atoms with Crippen molar-refractivity contribution in [2.45, 2.75) is 25.8 Å². The van der Waals surface area contributed by atoms with Crippen LogP contribution in [0.2, 0.25) is 0 Å². The van der Waals surface area contributed by atoms with Crippen molar-refractivity contribution in [1.82, 2.24) is 9.80 Å². The van der Waals surface area contributed by atoms with Gasteiger partial charge in [0, 0.05) is 45.4 Å². The number of hydrogen-bond acceptors (Lipinski definition) is 4. The van der Waals surface area contributed by atoms with E-state index in [0.29, 0.717) is 11.5 Å². The van der Waals surface area contributed by atoms with E-state index in [1.807, 2.05) is 0 Å². The van der Waals surface area contributed by atoms with E-state index in [1.54, 1.807) is 0 Å². The van der Waals surface area contributed by atoms with Crippen LogP contribution in [0.3, 0.4) is 0 Å². The molecule has 0 radical (unpaired) electrons. The van der Waals surface area contributed by atoms with Gasteiger partial charge in [-0.3, -0.25) is 4.90 Å². The first-order valence-corrected chi connectivity index (χ1v) is 7.40. The molecule has 2 aliphatic rings. The van der Waals surface area contributed by atoms with E-state index in [4.69, 9.17) is 4.74 Å². The third-order valence-electron chi connectivity index (χ3n) is 4.40. The van der Waals surface area contributed by atoms with Gasteiger partial charge >= 0.3 is 0 Å². The lowest BCUT2D eigenvalue weighted by Gasteiger charge is -2.45. The molecule has 0 aliphatic carbocycles. The molecule has 3 nitrogen and oxygen atoms in total. The second kappa shape index (κ2) is 5.91. The SMILES string of the molecule is CC1CN(C)CCN1CC1(CS)CCOCC1. The fourth-order valence-corrected chi connectivity index (χ4v) is 3.43. The minimum absolute atomic E-state index is 0.394. The first-order valence-electron chi connectivity index (χ1n) is 6.76. The summed E-state index contributed by atoms with van der Waals surface area (Å²) >= 11 is 4.60. The third kappa shape index (κ3) is 3.37. The Hall–Kier alpha value is 0.230. The average molecular weight is 258 g/mol. The van der Waals surface area contributed by atoms with Crippen molar-refractivity contribution in [3.8, 4) is 0 Å². The van der Waals surface area contributed by atoms with Gasteiger partial charge in [-0.15, -0.1) is 0 Å². The zero-order valence-corrected chi connectivity index (χ0v) is 12.1. The Morgan fingerprint density at radius 3 is 2.59 bits per heavy atom. The molecule has 17 heavy (non-hydrogen) atoms. The van der Waals surface area contributed by atoms with Crippen molar-refractivity contribution < 1.29 is 4.74 Å². The second-order valence-electron chi connectivity index (χ2n) is 5.85. The van der Waals surface area contributed by atoms with Gasteiger partial charge in [-0.2, -0.15) is 12.6 Å². The van der Waals surface area contributed by atoms with Crippen LogP contribution < -0.4 is 0 Å². The Morgan fingerprint density at radius 1 is 1.29 bits per heavy atom. The van der Waals surface area contributed by atoms with Crippen molar-refractivity contribution in [3.63, 3.8) is 0 Å². The first kappa shape index (κ1) is 13.7. The molecule has 2 rings (SSSR count). The molecule has 100 valence electrons. The molecule has 2 fully saturated rings. The Kier molecular flexibility index (Phi) is 4.75. The second-order valence-corrected chi connectivity index (χ2v) is 6.17. The molecule has 2 aliphatic heterocycles. The fourth-order valence-electron chi connectivity index (χ4n) is 3.01. The van der Waals surface area contributed by atoms with Gasteiger partial charge in [-0.25, -0.2) is 0 Å². The topological polar surface area (TPSA) is 15.7 Å². The van der Waals surface area contributed by atoms with Gasteiger partial charge in [0.1, 0.15) is 0 Å². The van der Waals surface area contributed by atoms with E-state index >= 15 is 0 Å². The van der Waals surface area contributed by atoms with Crippen LogP contribution in [-0.2, 0) is 4.74 Å². The van der Waals surface area contributed by atoms with Crippen molar-refractivity contribution in [2.24, 2.45) is 5.41 Å². The molecule has 2 saturated heterocycles. The molecule has 0 spiro atoms. The van der Waals surface area contributed by atoms with Crippen LogP contribution in [0.25, 0.3) is 0 Å². The van der Waals surface area contributed by atoms with Crippen LogP contribution in [0.1, 0.15) is 19.8 Å². The first-order chi connectivity index (χ1) is 8.15. The number of ether oxygens (including phenoxy) is 1. The molecule has 0 saturated carbocycles. The van der Waals surface area contributed by atoms with Crippen LogP contribution in [0, 0.1) is 5.41 Å². The number of likely N-dealkylation sites (N-methyl/N-ethyl adjacent to an activating group) is 1. The van der Waals surface area contributed by atoms with Crippen molar-refractivity contribution >= 4 is 12.6 Å². The lowest BCUT2D eigenvalue weighted by molar-refractivity contribution is -0.0110. The summed E-state index contributed by atoms with van der Waals surface area (Å²) < 4.78 is 5.50. The van der Waals surface area contributed by atoms with E-state index in [2.05, 4.69) is 36.4 Å². The van der Waals surface area contributed by atoms with E-state index in [0.717, 1.165) is 19.0 Å². The summed E-state index contributed by atoms with van der Waals surface area (Å²) in [5.74, 6) is 0.995. The molecule has 1 atom stereocenters. The lowest BCUT2D eigenvalue weighted by atomic mass is 9.81. The Bertz CT molecular complexity index is 244. The van der Waals surface area contributed by atoms with Crippen molar-refractivity contribution in [2.75, 3.05) is 52.2 Å². The Balaban J connectivity index is 1.93. The van der Waals surface area contributed by atoms with Gasteiger partial charge in [-0.1, -0.05) is 0 Å². The zero-order valence-electron chi connectivity index (χ0n) is 11.2. The van der Waals surface area contributed by atoms with E-state index < -0.39 is 0 Å². The van der Waals surface area contributed by atoms with Gasteiger partial charge in [0.2, 0.25) is 0 Å². The maximum Gasteiger partial charge on any atom is 0.0472 e. The summed E-state index contributed by atoms with van der Waals surface area (Å²) in [6.45, 7) is 8.98. The quantitative estimate of drug-likeness (QED) is 0.770. The standard InChI is InChI=1S/C13H26N2OS/c1-12-9-14(2)5-6-15(12)10-13(11-17)3-7-16-8-4-13/h12,17H,3-11H2,1-2H3. The van der Waals surface area contributed by atoms with Gasteiger partial charge in [0.15, 0.2) is 0 Å². The summed E-state index contributed by atoms with van der Waals surface area (Å²) in [7, 11) is 2.22. The average Bonchev–Trinajstić information content (AvgIpc) is 2.34. The number of thiol groups is 1. The number of hydrogen-bond donors (Lipinski definition) is 1. The third-order valence-corrected chi connectivity index (χ3v) is 5.07. The smallest absolute Gasteiger partial charge is 0.0472 e. The fraction of sp³-hybridized carbons (Fsp3) is 1.00. The van der Waals surface area contributed by atoms with Gasteiger partial charge < -0.3 is 9.64 Å². The Morgan fingerprint density at radius 2 is 2.00 bits per heavy atom.